The zero-order valence-corrected chi connectivity index (χ0v) is 72.6. The average molecular weight is 1790 g/mol. The van der Waals surface area contributed by atoms with E-state index in [1.165, 1.54) is 56.8 Å². The Morgan fingerprint density at radius 1 is 0.774 bits per heavy atom. The van der Waals surface area contributed by atoms with E-state index >= 15 is 0 Å². The number of hydrazine groups is 1. The highest BCUT2D eigenvalue weighted by Crippen LogP contribution is 2.33. The van der Waals surface area contributed by atoms with E-state index in [1.54, 1.807) is 36.1 Å². The summed E-state index contributed by atoms with van der Waals surface area (Å²) in [4.78, 5) is 222. The lowest BCUT2D eigenvalue weighted by Crippen LogP contribution is -2.59. The van der Waals surface area contributed by atoms with Gasteiger partial charge in [-0.05, 0) is 119 Å². The van der Waals surface area contributed by atoms with E-state index in [-0.39, 0.29) is 146 Å². The Labute approximate surface area is 725 Å². The number of likely N-dealkylation sites (tertiary alicyclic amines) is 1. The van der Waals surface area contributed by atoms with Crippen LogP contribution >= 0.6 is 32.9 Å². The van der Waals surface area contributed by atoms with Gasteiger partial charge in [0, 0.05) is 85.6 Å². The second-order valence-electron chi connectivity index (χ2n) is 30.0. The molecule has 2 aromatic carbocycles. The summed E-state index contributed by atoms with van der Waals surface area (Å²) in [6.07, 6.45) is -0.360. The number of hydrogen-bond donors (Lipinski definition) is 19. The number of methoxy groups -OCH3 is 1. The van der Waals surface area contributed by atoms with Crippen molar-refractivity contribution in [3.8, 4) is 5.75 Å². The number of nitrogens with zero attached hydrogens (tertiary/aromatic N) is 6. The lowest BCUT2D eigenvalue weighted by Gasteiger charge is -2.39. The first-order valence-corrected chi connectivity index (χ1v) is 43.3. The highest BCUT2D eigenvalue weighted by Gasteiger charge is 2.40. The summed E-state index contributed by atoms with van der Waals surface area (Å²) in [5.41, 5.74) is 16.8. The molecule has 5 aromatic rings. The molecule has 6 rings (SSSR count). The van der Waals surface area contributed by atoms with Gasteiger partial charge in [-0.2, -0.15) is 4.98 Å². The molecular formula is C78H111N21O22S3. The molecule has 4 heterocycles. The SMILES string of the molecule is CCC(C)[C@H](NC(=O)[C@H]1CCCCN1C)C(=O)N(COC)[C@H](C[C@@H](OC(C)=O)c1nc(C(=O)N[C@@H](Cc2ccc(O)cc2)C[C@H](C)C(=O)NNC(=O)OCCSSC[C@H](NC(=O)[C@H](CC(=O)O)NC(=O)[C@H](CCCNC(=N)N)NC(=O)[C@H](CC(=O)O)NC(=O)CC[C@@H](C)NC(=O)c2ccc(NCc3cnc4nc(N)[nH]c(=O)c4n3)cc2)C(=O)O)cs1)C(C)C. The van der Waals surface area contributed by atoms with E-state index < -0.39 is 162 Å². The van der Waals surface area contributed by atoms with Crippen LogP contribution in [0.2, 0.25) is 0 Å². The predicted molar refractivity (Wildman–Crippen MR) is 456 cm³/mol. The molecule has 0 spiro atoms. The summed E-state index contributed by atoms with van der Waals surface area (Å²) in [5, 5.41) is 72.4. The van der Waals surface area contributed by atoms with E-state index in [0.717, 1.165) is 52.3 Å². The molecule has 1 fully saturated rings. The number of ether oxygens (including phenoxy) is 3. The number of aromatic hydroxyl groups is 1. The standard InChI is InChI=1S/C78H111N21O22S3/c1-10-41(4)62(93-71(113)56-15-11-12-27-98(56)8)74(115)99(39-119-9)57(40(2)3)34-58(121-44(7)100)73-92-54(37-122-73)70(112)87-48(31-45-17-23-50(101)24-18-45)30-42(5)65(107)96-97-78(118)120-28-29-123-124-38-55(75(116)117)91-69(111)53(33-61(105)106)90-67(109)51(14-13-26-82-76(79)80)89-68(110)52(32-60(103)104)88-59(102)25-16-43(6)85-66(108)46-19-21-47(22-20-46)83-35-49-36-84-64-63(86-49)72(114)95-77(81)94-64/h17-24,36-37,40-43,48,51-53,55-58,62,83,101H,10-16,25-35,38-39H2,1-9H3,(H,85,108)(H,87,112)(H,88,102)(H,89,110)(H,90,109)(H,91,111)(H,93,113)(H,96,107)(H,97,118)(H,103,104)(H,105,106)(H,116,117)(H4,79,80,82)(H3,81,84,94,95,114)/t41?,42-,43+,48+,51-,52-,53-,55-,56+,57+,58+,62-/m0/s1. The topological polar surface area (TPSA) is 647 Å². The van der Waals surface area contributed by atoms with E-state index in [4.69, 9.17) is 31.1 Å². The van der Waals surface area contributed by atoms with Crippen molar-refractivity contribution in [2.45, 2.75) is 199 Å². The largest absolute Gasteiger partial charge is 0.508 e. The molecule has 678 valence electrons. The third kappa shape index (κ3) is 33.7. The quantitative estimate of drug-likeness (QED) is 0.00503. The number of aromatic nitrogens is 5. The number of carbonyl (C=O) groups excluding carboxylic acids is 11. The highest BCUT2D eigenvalue weighted by molar-refractivity contribution is 8.76. The Bertz CT molecular complexity index is 4590. The normalized spacial score (nSPS) is 15.3. The van der Waals surface area contributed by atoms with Gasteiger partial charge in [0.05, 0.1) is 37.3 Å². The van der Waals surface area contributed by atoms with Crippen LogP contribution < -0.4 is 75.7 Å². The number of H-pyrrole nitrogens is 1. The van der Waals surface area contributed by atoms with E-state index in [0.29, 0.717) is 29.8 Å². The number of carboxylic acids is 3. The zero-order chi connectivity index (χ0) is 91.4. The van der Waals surface area contributed by atoms with Gasteiger partial charge in [0.25, 0.3) is 17.4 Å². The number of nitrogen functional groups attached to an aromatic ring is 1. The number of aliphatic carboxylic acids is 3. The fourth-order valence-electron chi connectivity index (χ4n) is 13.0. The minimum absolute atomic E-state index is 0.00413. The Balaban J connectivity index is 0.981. The molecule has 3 aromatic heterocycles. The number of carbonyl (C=O) groups is 14. The van der Waals surface area contributed by atoms with Gasteiger partial charge >= 0.3 is 30.0 Å². The van der Waals surface area contributed by atoms with Crippen molar-refractivity contribution in [2.24, 2.45) is 23.5 Å². The van der Waals surface area contributed by atoms with Gasteiger partial charge in [0.1, 0.15) is 60.0 Å². The first-order chi connectivity index (χ1) is 58.8. The number of phenolic OH excluding ortho intramolecular Hbond substituents is 1. The minimum Gasteiger partial charge on any atom is -0.508 e. The first-order valence-electron chi connectivity index (χ1n) is 39.9. The van der Waals surface area contributed by atoms with E-state index in [2.05, 4.69) is 83.6 Å². The van der Waals surface area contributed by atoms with Gasteiger partial charge in [-0.1, -0.05) is 81.2 Å². The third-order valence-corrected chi connectivity index (χ3v) is 23.1. The lowest BCUT2D eigenvalue weighted by molar-refractivity contribution is -0.152. The van der Waals surface area contributed by atoms with Crippen LogP contribution in [0, 0.1) is 23.2 Å². The van der Waals surface area contributed by atoms with Crippen molar-refractivity contribution in [3.05, 3.63) is 98.0 Å². The molecule has 0 aliphatic carbocycles. The Morgan fingerprint density at radius 2 is 1.44 bits per heavy atom. The molecule has 1 saturated heterocycles. The second-order valence-corrected chi connectivity index (χ2v) is 33.5. The maximum atomic E-state index is 14.8. The van der Waals surface area contributed by atoms with Crippen LogP contribution in [0.25, 0.3) is 11.2 Å². The molecule has 0 bridgehead atoms. The number of nitrogens with two attached hydrogens (primary N) is 2. The van der Waals surface area contributed by atoms with E-state index in [9.17, 15) is 92.3 Å². The first kappa shape index (κ1) is 101. The Morgan fingerprint density at radius 3 is 2.06 bits per heavy atom. The number of guanidine groups is 1. The number of esters is 1. The number of amides is 10. The number of hydrogen-bond acceptors (Lipinski definition) is 30. The van der Waals surface area contributed by atoms with Crippen molar-refractivity contribution in [1.82, 2.24) is 88.1 Å². The number of carboxylic acid groups (broad SMARTS) is 3. The number of anilines is 2. The van der Waals surface area contributed by atoms with Crippen LogP contribution in [0.5, 0.6) is 5.75 Å². The predicted octanol–water partition coefficient (Wildman–Crippen LogP) is 1.88. The number of piperidine rings is 1. The Hall–Kier alpha value is -12.0. The van der Waals surface area contributed by atoms with Crippen molar-refractivity contribution in [3.63, 3.8) is 0 Å². The number of nitrogens with one attached hydrogen (secondary N) is 13. The number of aromatic amines is 1. The van der Waals surface area contributed by atoms with Crippen molar-refractivity contribution < 1.29 is 102 Å². The van der Waals surface area contributed by atoms with Crippen molar-refractivity contribution in [1.29, 1.82) is 5.41 Å². The highest BCUT2D eigenvalue weighted by atomic mass is 33.1. The maximum absolute atomic E-state index is 14.8. The molecular weight excluding hydrogens is 1680 g/mol. The van der Waals surface area contributed by atoms with Gasteiger partial charge in [-0.15, -0.1) is 11.3 Å². The molecule has 124 heavy (non-hydrogen) atoms. The fraction of sp³-hybridized carbons (Fsp3) is 0.538. The molecule has 43 nitrogen and oxygen atoms in total. The maximum Gasteiger partial charge on any atom is 0.426 e. The molecule has 10 amide bonds. The van der Waals surface area contributed by atoms with Crippen LogP contribution in [0.1, 0.15) is 169 Å². The lowest BCUT2D eigenvalue weighted by atomic mass is 9.92. The van der Waals surface area contributed by atoms with E-state index in [1.807, 2.05) is 39.6 Å². The van der Waals surface area contributed by atoms with Crippen LogP contribution in [-0.4, -0.2) is 251 Å². The van der Waals surface area contributed by atoms with Crippen LogP contribution in [-0.2, 0) is 79.9 Å². The smallest absolute Gasteiger partial charge is 0.426 e. The molecule has 1 aliphatic rings. The molecule has 46 heteroatoms. The van der Waals surface area contributed by atoms with Crippen molar-refractivity contribution in [2.75, 3.05) is 63.1 Å². The van der Waals surface area contributed by atoms with Crippen molar-refractivity contribution >= 4 is 145 Å². The number of benzene rings is 2. The van der Waals surface area contributed by atoms with Gasteiger partial charge in [0.2, 0.25) is 47.3 Å². The molecule has 0 radical (unpaired) electrons. The summed E-state index contributed by atoms with van der Waals surface area (Å²) in [6.45, 7) is 12.3. The van der Waals surface area contributed by atoms with Crippen LogP contribution in [0.4, 0.5) is 16.4 Å². The second kappa shape index (κ2) is 50.5. The minimum atomic E-state index is -1.99. The Kier molecular flexibility index (Phi) is 41.1. The summed E-state index contributed by atoms with van der Waals surface area (Å²) in [7, 11) is 5.19. The third-order valence-electron chi connectivity index (χ3n) is 19.8. The molecule has 21 N–H and O–H groups in total. The average Bonchev–Trinajstić information content (AvgIpc) is 1.24. The molecule has 12 atom stereocenters. The number of fused-ring (bicyclic) bond motifs is 1. The summed E-state index contributed by atoms with van der Waals surface area (Å²) < 4.78 is 16.7. The number of thiazole rings is 1. The van der Waals surface area contributed by atoms with Crippen LogP contribution in [0.15, 0.2) is 64.9 Å². The zero-order valence-electron chi connectivity index (χ0n) is 70.1. The monoisotopic (exact) mass is 1790 g/mol. The molecule has 1 aliphatic heterocycles. The summed E-state index contributed by atoms with van der Waals surface area (Å²) in [5.74, 6) is -14.9. The van der Waals surface area contributed by atoms with Crippen LogP contribution in [0.3, 0.4) is 0 Å². The fourth-order valence-corrected chi connectivity index (χ4v) is 15.8. The summed E-state index contributed by atoms with van der Waals surface area (Å²) >= 11 is 1.04. The molecule has 0 saturated carbocycles. The molecule has 1 unspecified atom stereocenters. The van der Waals surface area contributed by atoms with Gasteiger partial charge in [0.15, 0.2) is 23.2 Å². The number of likely N-dealkylation sites (N-methyl/N-ethyl adjacent to an activating group) is 1. The van der Waals surface area contributed by atoms with Gasteiger partial charge in [-0.3, -0.25) is 83.0 Å². The number of phenols is 1. The summed E-state index contributed by atoms with van der Waals surface area (Å²) in [6, 6.07) is 1.82. The van der Waals surface area contributed by atoms with Gasteiger partial charge < -0.3 is 98.9 Å². The van der Waals surface area contributed by atoms with Gasteiger partial charge in [-0.25, -0.2) is 30.0 Å². The number of rotatable bonds is 50.